The Morgan fingerprint density at radius 2 is 2.00 bits per heavy atom. The van der Waals surface area contributed by atoms with Gasteiger partial charge < -0.3 is 4.42 Å². The van der Waals surface area contributed by atoms with Gasteiger partial charge in [0.25, 0.3) is 0 Å². The number of hydrogen-bond acceptors (Lipinski definition) is 3. The summed E-state index contributed by atoms with van der Waals surface area (Å²) in [6.45, 7) is 1.95. The number of hydrogen-bond donors (Lipinski definition) is 0. The van der Waals surface area contributed by atoms with Crippen LogP contribution in [-0.4, -0.2) is 9.55 Å². The summed E-state index contributed by atoms with van der Waals surface area (Å²) in [5, 5.41) is 1.51. The van der Waals surface area contributed by atoms with Crippen LogP contribution in [0.5, 0.6) is 0 Å². The van der Waals surface area contributed by atoms with E-state index in [0.29, 0.717) is 16.1 Å². The van der Waals surface area contributed by atoms with Crippen LogP contribution in [0.1, 0.15) is 5.56 Å². The molecule has 0 N–H and O–H groups in total. The monoisotopic (exact) mass is 310 g/mol. The third-order valence-corrected chi connectivity index (χ3v) is 4.15. The highest BCUT2D eigenvalue weighted by molar-refractivity contribution is 6.31. The second-order valence-corrected chi connectivity index (χ2v) is 5.54. The summed E-state index contributed by atoms with van der Waals surface area (Å²) >= 11 is 6.22. The number of aromatic nitrogens is 2. The summed E-state index contributed by atoms with van der Waals surface area (Å²) in [5.74, 6) is 0. The highest BCUT2D eigenvalue weighted by atomic mass is 35.5. The van der Waals surface area contributed by atoms with Gasteiger partial charge in [0, 0.05) is 16.1 Å². The molecule has 0 spiro atoms. The van der Waals surface area contributed by atoms with Crippen LogP contribution in [0.2, 0.25) is 5.02 Å². The minimum Gasteiger partial charge on any atom is -0.421 e. The molecule has 0 bridgehead atoms. The molecule has 0 aliphatic heterocycles. The second-order valence-electron chi connectivity index (χ2n) is 5.13. The first-order valence-corrected chi connectivity index (χ1v) is 7.18. The van der Waals surface area contributed by atoms with Crippen molar-refractivity contribution in [2.45, 2.75) is 6.92 Å². The van der Waals surface area contributed by atoms with Crippen LogP contribution in [0.15, 0.2) is 58.0 Å². The number of imidazole rings is 1. The smallest absolute Gasteiger partial charge is 0.364 e. The molecule has 0 saturated carbocycles. The number of benzene rings is 2. The van der Waals surface area contributed by atoms with E-state index in [2.05, 4.69) is 4.98 Å². The van der Waals surface area contributed by atoms with Crippen molar-refractivity contribution >= 4 is 33.6 Å². The van der Waals surface area contributed by atoms with Gasteiger partial charge in [-0.2, -0.15) is 0 Å². The van der Waals surface area contributed by atoms with Gasteiger partial charge in [-0.15, -0.1) is 0 Å². The van der Waals surface area contributed by atoms with Gasteiger partial charge in [-0.3, -0.25) is 4.57 Å². The maximum Gasteiger partial charge on any atom is 0.364 e. The number of fused-ring (bicyclic) bond motifs is 3. The Kier molecular flexibility index (Phi) is 2.81. The van der Waals surface area contributed by atoms with Crippen molar-refractivity contribution in [3.8, 4) is 5.69 Å². The first-order chi connectivity index (χ1) is 10.6. The molecule has 4 nitrogen and oxygen atoms in total. The summed E-state index contributed by atoms with van der Waals surface area (Å²) in [7, 11) is 0. The maximum atomic E-state index is 12.1. The Morgan fingerprint density at radius 3 is 2.82 bits per heavy atom. The van der Waals surface area contributed by atoms with Crippen molar-refractivity contribution < 1.29 is 4.42 Å². The summed E-state index contributed by atoms with van der Waals surface area (Å²) in [4.78, 5) is 16.3. The predicted molar refractivity (Wildman–Crippen MR) is 86.9 cm³/mol. The number of nitrogens with zero attached hydrogens (tertiary/aromatic N) is 2. The molecule has 5 heteroatoms. The van der Waals surface area contributed by atoms with Crippen LogP contribution in [0.4, 0.5) is 0 Å². The molecule has 2 heterocycles. The van der Waals surface area contributed by atoms with Crippen molar-refractivity contribution in [3.05, 3.63) is 69.8 Å². The Labute approximate surface area is 130 Å². The Hall–Kier alpha value is -2.59. The van der Waals surface area contributed by atoms with Crippen LogP contribution < -0.4 is 5.63 Å². The first-order valence-electron chi connectivity index (χ1n) is 6.80. The topological polar surface area (TPSA) is 48.0 Å². The zero-order chi connectivity index (χ0) is 15.3. The molecule has 0 aliphatic carbocycles. The summed E-state index contributed by atoms with van der Waals surface area (Å²) in [6.07, 6.45) is 1.62. The summed E-state index contributed by atoms with van der Waals surface area (Å²) in [5.41, 5.74) is 3.00. The number of aryl methyl sites for hydroxylation is 1. The lowest BCUT2D eigenvalue weighted by molar-refractivity contribution is 0.568. The van der Waals surface area contributed by atoms with Crippen molar-refractivity contribution in [1.82, 2.24) is 9.55 Å². The lowest BCUT2D eigenvalue weighted by atomic mass is 10.2. The second kappa shape index (κ2) is 4.71. The highest BCUT2D eigenvalue weighted by Gasteiger charge is 2.14. The molecule has 0 amide bonds. The predicted octanol–water partition coefficient (Wildman–Crippen LogP) is 4.09. The lowest BCUT2D eigenvalue weighted by Crippen LogP contribution is -2.01. The Bertz CT molecular complexity index is 1080. The fourth-order valence-electron chi connectivity index (χ4n) is 2.58. The number of para-hydroxylation sites is 1. The molecule has 4 rings (SSSR count). The fourth-order valence-corrected chi connectivity index (χ4v) is 2.76. The minimum atomic E-state index is -0.439. The molecule has 0 saturated heterocycles. The van der Waals surface area contributed by atoms with Crippen LogP contribution in [0, 0.1) is 6.92 Å². The van der Waals surface area contributed by atoms with E-state index in [1.54, 1.807) is 12.4 Å². The zero-order valence-electron chi connectivity index (χ0n) is 11.7. The van der Waals surface area contributed by atoms with Crippen molar-refractivity contribution in [1.29, 1.82) is 0 Å². The summed E-state index contributed by atoms with van der Waals surface area (Å²) < 4.78 is 7.17. The normalized spacial score (nSPS) is 11.4. The molecule has 4 aromatic rings. The van der Waals surface area contributed by atoms with Crippen LogP contribution in [0.3, 0.4) is 0 Å². The van der Waals surface area contributed by atoms with Gasteiger partial charge in [0.05, 0.1) is 5.52 Å². The van der Waals surface area contributed by atoms with Gasteiger partial charge >= 0.3 is 5.63 Å². The van der Waals surface area contributed by atoms with E-state index in [1.165, 1.54) is 0 Å². The lowest BCUT2D eigenvalue weighted by Gasteiger charge is -2.07. The van der Waals surface area contributed by atoms with E-state index >= 15 is 0 Å². The molecule has 22 heavy (non-hydrogen) atoms. The van der Waals surface area contributed by atoms with E-state index in [9.17, 15) is 4.79 Å². The molecular weight excluding hydrogens is 300 g/mol. The van der Waals surface area contributed by atoms with Gasteiger partial charge in [-0.05, 0) is 36.8 Å². The molecule has 0 radical (unpaired) electrons. The average Bonchev–Trinajstić information content (AvgIpc) is 2.96. The van der Waals surface area contributed by atoms with E-state index in [0.717, 1.165) is 22.2 Å². The fraction of sp³-hybridized carbons (Fsp3) is 0.0588. The third-order valence-electron chi connectivity index (χ3n) is 3.74. The number of rotatable bonds is 1. The molecule has 0 unspecified atom stereocenters. The SMILES string of the molecule is Cc1ccc(-n2cnc3c(=O)oc4ccccc4c32)cc1Cl. The van der Waals surface area contributed by atoms with Gasteiger partial charge in [0.15, 0.2) is 5.52 Å². The van der Waals surface area contributed by atoms with E-state index in [1.807, 2.05) is 47.9 Å². The average molecular weight is 311 g/mol. The van der Waals surface area contributed by atoms with E-state index in [-0.39, 0.29) is 0 Å². The Balaban J connectivity index is 2.15. The van der Waals surface area contributed by atoms with Gasteiger partial charge in [0.1, 0.15) is 11.9 Å². The van der Waals surface area contributed by atoms with Gasteiger partial charge in [0.2, 0.25) is 0 Å². The van der Waals surface area contributed by atoms with E-state index in [4.69, 9.17) is 16.0 Å². The molecule has 2 aromatic carbocycles. The molecule has 108 valence electrons. The zero-order valence-corrected chi connectivity index (χ0v) is 12.5. The molecule has 2 aromatic heterocycles. The van der Waals surface area contributed by atoms with Gasteiger partial charge in [-0.1, -0.05) is 29.8 Å². The summed E-state index contributed by atoms with van der Waals surface area (Å²) in [6, 6.07) is 13.2. The molecule has 0 fully saturated rings. The quantitative estimate of drug-likeness (QED) is 0.497. The van der Waals surface area contributed by atoms with E-state index < -0.39 is 5.63 Å². The number of halogens is 1. The van der Waals surface area contributed by atoms with Crippen LogP contribution >= 0.6 is 11.6 Å². The third kappa shape index (κ3) is 1.84. The standard InChI is InChI=1S/C17H11ClN2O2/c1-10-6-7-11(8-13(10)18)20-9-19-15-16(20)12-4-2-3-5-14(12)22-17(15)21/h2-9H,1H3. The van der Waals surface area contributed by atoms with Gasteiger partial charge in [-0.25, -0.2) is 9.78 Å². The minimum absolute atomic E-state index is 0.315. The first kappa shape index (κ1) is 13.1. The largest absolute Gasteiger partial charge is 0.421 e. The maximum absolute atomic E-state index is 12.1. The van der Waals surface area contributed by atoms with Crippen molar-refractivity contribution in [3.63, 3.8) is 0 Å². The van der Waals surface area contributed by atoms with Crippen molar-refractivity contribution in [2.24, 2.45) is 0 Å². The van der Waals surface area contributed by atoms with Crippen LogP contribution in [0.25, 0.3) is 27.7 Å². The molecule has 0 atom stereocenters. The molecule has 0 aliphatic rings. The van der Waals surface area contributed by atoms with Crippen LogP contribution in [-0.2, 0) is 0 Å². The molecular formula is C17H11ClN2O2. The highest BCUT2D eigenvalue weighted by Crippen LogP contribution is 2.26. The van der Waals surface area contributed by atoms with Crippen molar-refractivity contribution in [2.75, 3.05) is 0 Å². The Morgan fingerprint density at radius 1 is 1.18 bits per heavy atom.